The molecule has 0 saturated carbocycles. The van der Waals surface area contributed by atoms with E-state index in [4.69, 9.17) is 11.6 Å². The molecule has 0 bridgehead atoms. The molecule has 0 saturated heterocycles. The van der Waals surface area contributed by atoms with Crippen molar-refractivity contribution in [3.05, 3.63) is 88.6 Å². The number of hydrogen-bond acceptors (Lipinski definition) is 4. The first kappa shape index (κ1) is 18.6. The third kappa shape index (κ3) is 4.92. The molecule has 0 aliphatic heterocycles. The summed E-state index contributed by atoms with van der Waals surface area (Å²) in [5, 5.41) is 6.57. The van der Waals surface area contributed by atoms with Crippen molar-refractivity contribution in [2.24, 2.45) is 0 Å². The van der Waals surface area contributed by atoms with Crippen LogP contribution in [0.15, 0.2) is 66.9 Å². The van der Waals surface area contributed by atoms with E-state index in [1.54, 1.807) is 30.3 Å². The number of hydrogen-bond donors (Lipinski definition) is 2. The third-order valence-corrected chi connectivity index (χ3v) is 4.36. The molecule has 27 heavy (non-hydrogen) atoms. The van der Waals surface area contributed by atoms with Crippen LogP contribution in [0.4, 0.5) is 11.5 Å². The monoisotopic (exact) mass is 379 g/mol. The highest BCUT2D eigenvalue weighted by molar-refractivity contribution is 6.31. The van der Waals surface area contributed by atoms with Crippen LogP contribution in [0, 0.1) is 0 Å². The molecule has 2 aromatic carbocycles. The first-order valence-corrected chi connectivity index (χ1v) is 8.76. The zero-order chi connectivity index (χ0) is 19.2. The minimum absolute atomic E-state index is 0.0202. The lowest BCUT2D eigenvalue weighted by atomic mass is 10.1. The number of Topliss-reactive ketones (excluding diaryl/α,β-unsaturated/α-hetero) is 1. The predicted molar refractivity (Wildman–Crippen MR) is 107 cm³/mol. The zero-order valence-corrected chi connectivity index (χ0v) is 15.5. The average molecular weight is 380 g/mol. The van der Waals surface area contributed by atoms with Crippen LogP contribution in [0.3, 0.4) is 0 Å². The van der Waals surface area contributed by atoms with E-state index >= 15 is 0 Å². The van der Waals surface area contributed by atoms with Crippen molar-refractivity contribution in [3.63, 3.8) is 0 Å². The van der Waals surface area contributed by atoms with Crippen LogP contribution >= 0.6 is 11.6 Å². The highest BCUT2D eigenvalue weighted by Gasteiger charge is 2.08. The Morgan fingerprint density at radius 1 is 0.963 bits per heavy atom. The van der Waals surface area contributed by atoms with E-state index in [0.717, 1.165) is 11.3 Å². The molecule has 0 fully saturated rings. The summed E-state index contributed by atoms with van der Waals surface area (Å²) in [5.74, 6) is 0.403. The van der Waals surface area contributed by atoms with Crippen molar-refractivity contribution in [3.8, 4) is 0 Å². The van der Waals surface area contributed by atoms with Crippen molar-refractivity contribution < 1.29 is 9.59 Å². The fourth-order valence-corrected chi connectivity index (χ4v) is 2.66. The molecule has 0 aliphatic carbocycles. The third-order valence-electron chi connectivity index (χ3n) is 3.99. The molecular formula is C21H18ClN3O2. The van der Waals surface area contributed by atoms with Gasteiger partial charge in [-0.1, -0.05) is 29.8 Å². The van der Waals surface area contributed by atoms with Gasteiger partial charge in [0.25, 0.3) is 5.91 Å². The molecule has 5 nitrogen and oxygen atoms in total. The van der Waals surface area contributed by atoms with Gasteiger partial charge in [-0.3, -0.25) is 9.59 Å². The second-order valence-corrected chi connectivity index (χ2v) is 6.37. The number of carbonyl (C=O) groups is 2. The predicted octanol–water partition coefficient (Wildman–Crippen LogP) is 4.61. The zero-order valence-electron chi connectivity index (χ0n) is 14.7. The Balaban J connectivity index is 1.60. The lowest BCUT2D eigenvalue weighted by Gasteiger charge is -2.09. The Hall–Kier alpha value is -3.18. The Morgan fingerprint density at radius 2 is 1.67 bits per heavy atom. The topological polar surface area (TPSA) is 71.1 Å². The van der Waals surface area contributed by atoms with E-state index in [0.29, 0.717) is 28.5 Å². The number of rotatable bonds is 6. The van der Waals surface area contributed by atoms with Crippen molar-refractivity contribution in [1.82, 2.24) is 10.3 Å². The van der Waals surface area contributed by atoms with E-state index in [-0.39, 0.29) is 11.7 Å². The smallest absolute Gasteiger partial charge is 0.253 e. The van der Waals surface area contributed by atoms with Gasteiger partial charge >= 0.3 is 0 Å². The van der Waals surface area contributed by atoms with Crippen LogP contribution in [0.1, 0.15) is 33.2 Å². The van der Waals surface area contributed by atoms with Crippen molar-refractivity contribution in [1.29, 1.82) is 0 Å². The summed E-state index contributed by atoms with van der Waals surface area (Å²) in [6.45, 7) is 1.88. The van der Waals surface area contributed by atoms with E-state index < -0.39 is 0 Å². The molecule has 3 rings (SSSR count). The highest BCUT2D eigenvalue weighted by atomic mass is 35.5. The second kappa shape index (κ2) is 8.47. The Morgan fingerprint density at radius 3 is 2.30 bits per heavy atom. The lowest BCUT2D eigenvalue weighted by Crippen LogP contribution is -2.23. The number of anilines is 2. The first-order valence-electron chi connectivity index (χ1n) is 8.38. The maximum atomic E-state index is 12.3. The van der Waals surface area contributed by atoms with Crippen LogP contribution in [-0.4, -0.2) is 16.7 Å². The summed E-state index contributed by atoms with van der Waals surface area (Å²) in [4.78, 5) is 27.8. The van der Waals surface area contributed by atoms with Crippen LogP contribution < -0.4 is 10.6 Å². The summed E-state index contributed by atoms with van der Waals surface area (Å²) in [6.07, 6.45) is 1.51. The van der Waals surface area contributed by atoms with Gasteiger partial charge in [0.05, 0.1) is 5.56 Å². The van der Waals surface area contributed by atoms with Gasteiger partial charge in [0.1, 0.15) is 5.82 Å². The molecule has 2 N–H and O–H groups in total. The SMILES string of the molecule is CC(=O)c1ccc(Nc2ccc(C(=O)NCc3ccccc3Cl)cn2)cc1. The molecule has 0 spiro atoms. The Bertz CT molecular complexity index is 954. The maximum Gasteiger partial charge on any atom is 0.253 e. The molecule has 0 radical (unpaired) electrons. The van der Waals surface area contributed by atoms with Crippen molar-refractivity contribution >= 4 is 34.8 Å². The Labute approximate surface area is 162 Å². The molecule has 6 heteroatoms. The normalized spacial score (nSPS) is 10.3. The number of nitrogens with zero attached hydrogens (tertiary/aromatic N) is 1. The molecule has 1 heterocycles. The van der Waals surface area contributed by atoms with Crippen LogP contribution in [0.5, 0.6) is 0 Å². The van der Waals surface area contributed by atoms with E-state index in [9.17, 15) is 9.59 Å². The quantitative estimate of drug-likeness (QED) is 0.613. The number of halogens is 1. The molecule has 136 valence electrons. The fourth-order valence-electron chi connectivity index (χ4n) is 2.46. The van der Waals surface area contributed by atoms with Gasteiger partial charge in [0.15, 0.2) is 5.78 Å². The van der Waals surface area contributed by atoms with Crippen LogP contribution in [0.2, 0.25) is 5.02 Å². The molecule has 1 amide bonds. The summed E-state index contributed by atoms with van der Waals surface area (Å²) >= 11 is 6.09. The van der Waals surface area contributed by atoms with Gasteiger partial charge in [-0.2, -0.15) is 0 Å². The van der Waals surface area contributed by atoms with Crippen molar-refractivity contribution in [2.75, 3.05) is 5.32 Å². The van der Waals surface area contributed by atoms with Crippen molar-refractivity contribution in [2.45, 2.75) is 13.5 Å². The molecule has 3 aromatic rings. The molecule has 0 atom stereocenters. The molecular weight excluding hydrogens is 362 g/mol. The van der Waals surface area contributed by atoms with Gasteiger partial charge in [0.2, 0.25) is 0 Å². The number of ketones is 1. The number of nitrogens with one attached hydrogen (secondary N) is 2. The second-order valence-electron chi connectivity index (χ2n) is 5.96. The summed E-state index contributed by atoms with van der Waals surface area (Å²) in [7, 11) is 0. The number of benzene rings is 2. The van der Waals surface area contributed by atoms with Gasteiger partial charge in [0, 0.05) is 29.0 Å². The summed E-state index contributed by atoms with van der Waals surface area (Å²) in [5.41, 5.74) is 2.77. The first-order chi connectivity index (χ1) is 13.0. The van der Waals surface area contributed by atoms with Gasteiger partial charge < -0.3 is 10.6 Å². The van der Waals surface area contributed by atoms with E-state index in [2.05, 4.69) is 15.6 Å². The number of aromatic nitrogens is 1. The fraction of sp³-hybridized carbons (Fsp3) is 0.0952. The molecule has 0 aliphatic rings. The maximum absolute atomic E-state index is 12.3. The van der Waals surface area contributed by atoms with Crippen LogP contribution in [-0.2, 0) is 6.54 Å². The largest absolute Gasteiger partial charge is 0.348 e. The minimum Gasteiger partial charge on any atom is -0.348 e. The summed E-state index contributed by atoms with van der Waals surface area (Å²) < 4.78 is 0. The van der Waals surface area contributed by atoms with Gasteiger partial charge in [-0.15, -0.1) is 0 Å². The molecule has 1 aromatic heterocycles. The lowest BCUT2D eigenvalue weighted by molar-refractivity contribution is 0.0949. The number of amides is 1. The summed E-state index contributed by atoms with van der Waals surface area (Å²) in [6, 6.07) is 17.9. The molecule has 0 unspecified atom stereocenters. The average Bonchev–Trinajstić information content (AvgIpc) is 2.68. The van der Waals surface area contributed by atoms with Gasteiger partial charge in [-0.05, 0) is 55.0 Å². The number of carbonyl (C=O) groups excluding carboxylic acids is 2. The van der Waals surface area contributed by atoms with E-state index in [1.165, 1.54) is 13.1 Å². The van der Waals surface area contributed by atoms with E-state index in [1.807, 2.05) is 30.3 Å². The number of pyridine rings is 1. The minimum atomic E-state index is -0.222. The van der Waals surface area contributed by atoms with Gasteiger partial charge in [-0.25, -0.2) is 4.98 Å². The van der Waals surface area contributed by atoms with Crippen LogP contribution in [0.25, 0.3) is 0 Å². The highest BCUT2D eigenvalue weighted by Crippen LogP contribution is 2.17. The Kier molecular flexibility index (Phi) is 5.84. The standard InChI is InChI=1S/C21H18ClN3O2/c1-14(26)15-6-9-18(10-7-15)25-20-11-8-17(13-23-20)21(27)24-12-16-4-2-3-5-19(16)22/h2-11,13H,12H2,1H3,(H,23,25)(H,24,27).